The smallest absolute Gasteiger partial charge is 0.228 e. The molecule has 4 nitrogen and oxygen atoms in total. The van der Waals surface area contributed by atoms with E-state index in [-0.39, 0.29) is 5.91 Å². The number of carbonyl (C=O) groups excluding carboxylic acids is 1. The van der Waals surface area contributed by atoms with Gasteiger partial charge in [-0.1, -0.05) is 26.0 Å². The van der Waals surface area contributed by atoms with Gasteiger partial charge in [0.25, 0.3) is 0 Å². The Morgan fingerprint density at radius 1 is 1.22 bits per heavy atom. The minimum atomic E-state index is 0.00833. The number of carbonyl (C=O) groups is 1. The Labute approximate surface area is 138 Å². The van der Waals surface area contributed by atoms with E-state index in [1.807, 2.05) is 44.5 Å². The lowest BCUT2D eigenvalue weighted by atomic mass is 10.1. The second-order valence-corrected chi connectivity index (χ2v) is 6.77. The predicted molar refractivity (Wildman–Crippen MR) is 94.8 cm³/mol. The third-order valence-corrected chi connectivity index (χ3v) is 4.07. The zero-order chi connectivity index (χ0) is 17.1. The Hall–Kier alpha value is -2.10. The molecule has 0 aliphatic rings. The first-order valence-corrected chi connectivity index (χ1v) is 8.18. The highest BCUT2D eigenvalue weighted by Crippen LogP contribution is 2.19. The molecule has 1 heterocycles. The number of nitrogens with zero attached hydrogens (tertiary/aromatic N) is 2. The zero-order valence-electron chi connectivity index (χ0n) is 15.0. The van der Waals surface area contributed by atoms with Gasteiger partial charge in [-0.15, -0.1) is 0 Å². The van der Waals surface area contributed by atoms with E-state index in [1.165, 1.54) is 0 Å². The van der Waals surface area contributed by atoms with E-state index in [1.54, 1.807) is 0 Å². The van der Waals surface area contributed by atoms with E-state index in [2.05, 4.69) is 30.3 Å². The van der Waals surface area contributed by atoms with E-state index >= 15 is 0 Å². The van der Waals surface area contributed by atoms with Crippen LogP contribution in [0.2, 0.25) is 0 Å². The summed E-state index contributed by atoms with van der Waals surface area (Å²) in [5, 5.41) is 7.61. The van der Waals surface area contributed by atoms with Crippen LogP contribution in [0.3, 0.4) is 0 Å². The largest absolute Gasteiger partial charge is 0.326 e. The van der Waals surface area contributed by atoms with Crippen LogP contribution in [0.15, 0.2) is 18.2 Å². The van der Waals surface area contributed by atoms with Crippen LogP contribution < -0.4 is 5.32 Å². The van der Waals surface area contributed by atoms with Crippen molar-refractivity contribution in [1.82, 2.24) is 9.78 Å². The molecule has 1 aromatic heterocycles. The summed E-state index contributed by atoms with van der Waals surface area (Å²) in [6.07, 6.45) is 0.364. The lowest BCUT2D eigenvalue weighted by Crippen LogP contribution is -2.16. The Morgan fingerprint density at radius 2 is 1.91 bits per heavy atom. The molecule has 0 saturated heterocycles. The molecular formula is C19H27N3O. The van der Waals surface area contributed by atoms with Crippen LogP contribution in [0.1, 0.15) is 41.9 Å². The van der Waals surface area contributed by atoms with E-state index in [0.717, 1.165) is 40.3 Å². The number of amides is 1. The normalized spacial score (nSPS) is 11.1. The number of hydrogen-bond acceptors (Lipinski definition) is 2. The maximum Gasteiger partial charge on any atom is 0.228 e. The van der Waals surface area contributed by atoms with Crippen LogP contribution in [0.25, 0.3) is 0 Å². The third-order valence-electron chi connectivity index (χ3n) is 4.07. The van der Waals surface area contributed by atoms with Crippen molar-refractivity contribution >= 4 is 11.6 Å². The monoisotopic (exact) mass is 313 g/mol. The first kappa shape index (κ1) is 17.3. The summed E-state index contributed by atoms with van der Waals surface area (Å²) in [6, 6.07) is 6.09. The van der Waals surface area contributed by atoms with Gasteiger partial charge >= 0.3 is 0 Å². The van der Waals surface area contributed by atoms with Crippen LogP contribution in [0.4, 0.5) is 5.69 Å². The molecule has 4 heteroatoms. The Morgan fingerprint density at radius 3 is 2.57 bits per heavy atom. The fraction of sp³-hybridized carbons (Fsp3) is 0.474. The molecule has 0 bridgehead atoms. The molecule has 0 spiro atoms. The fourth-order valence-electron chi connectivity index (χ4n) is 2.74. The lowest BCUT2D eigenvalue weighted by Gasteiger charge is -2.10. The number of nitrogens with one attached hydrogen (secondary N) is 1. The summed E-state index contributed by atoms with van der Waals surface area (Å²) in [5.41, 5.74) is 6.18. The van der Waals surface area contributed by atoms with Gasteiger partial charge in [0, 0.05) is 23.5 Å². The zero-order valence-corrected chi connectivity index (χ0v) is 15.0. The fourth-order valence-corrected chi connectivity index (χ4v) is 2.74. The van der Waals surface area contributed by atoms with Crippen LogP contribution in [0.5, 0.6) is 0 Å². The average molecular weight is 313 g/mol. The molecule has 0 atom stereocenters. The van der Waals surface area contributed by atoms with Crippen LogP contribution in [-0.4, -0.2) is 15.7 Å². The standard InChI is InChI=1S/C19H27N3O/c1-12(2)11-22-16(6)17(15(5)21-22)10-19(23)20-18-9-13(3)7-8-14(18)4/h7-9,12H,10-11H2,1-6H3,(H,20,23). The highest BCUT2D eigenvalue weighted by molar-refractivity contribution is 5.93. The van der Waals surface area contributed by atoms with Crippen molar-refractivity contribution in [2.75, 3.05) is 5.32 Å². The van der Waals surface area contributed by atoms with Crippen LogP contribution in [0, 0.1) is 33.6 Å². The van der Waals surface area contributed by atoms with Crippen molar-refractivity contribution in [3.63, 3.8) is 0 Å². The molecule has 0 fully saturated rings. The number of aromatic nitrogens is 2. The Kier molecular flexibility index (Phi) is 5.24. The van der Waals surface area contributed by atoms with Crippen molar-refractivity contribution in [3.05, 3.63) is 46.3 Å². The minimum Gasteiger partial charge on any atom is -0.326 e. The SMILES string of the molecule is Cc1ccc(C)c(NC(=O)Cc2c(C)nn(CC(C)C)c2C)c1. The maximum absolute atomic E-state index is 12.4. The quantitative estimate of drug-likeness (QED) is 0.908. The molecular weight excluding hydrogens is 286 g/mol. The van der Waals surface area contributed by atoms with Gasteiger partial charge in [-0.2, -0.15) is 5.10 Å². The van der Waals surface area contributed by atoms with Gasteiger partial charge in [0.1, 0.15) is 0 Å². The van der Waals surface area contributed by atoms with Gasteiger partial charge in [0.05, 0.1) is 12.1 Å². The van der Waals surface area contributed by atoms with Gasteiger partial charge < -0.3 is 5.32 Å². The summed E-state index contributed by atoms with van der Waals surface area (Å²) >= 11 is 0. The summed E-state index contributed by atoms with van der Waals surface area (Å²) in [5.74, 6) is 0.540. The molecule has 23 heavy (non-hydrogen) atoms. The summed E-state index contributed by atoms with van der Waals surface area (Å²) in [4.78, 5) is 12.4. The molecule has 0 unspecified atom stereocenters. The number of hydrogen-bond donors (Lipinski definition) is 1. The maximum atomic E-state index is 12.4. The number of benzene rings is 1. The van der Waals surface area contributed by atoms with Crippen molar-refractivity contribution in [3.8, 4) is 0 Å². The van der Waals surface area contributed by atoms with E-state index in [9.17, 15) is 4.79 Å². The molecule has 1 amide bonds. The minimum absolute atomic E-state index is 0.00833. The Bertz CT molecular complexity index is 714. The molecule has 1 N–H and O–H groups in total. The van der Waals surface area contributed by atoms with Crippen molar-refractivity contribution in [2.45, 2.75) is 54.5 Å². The van der Waals surface area contributed by atoms with Gasteiger partial charge in [-0.25, -0.2) is 0 Å². The lowest BCUT2D eigenvalue weighted by molar-refractivity contribution is -0.115. The van der Waals surface area contributed by atoms with E-state index in [0.29, 0.717) is 12.3 Å². The number of anilines is 1. The van der Waals surface area contributed by atoms with Gasteiger partial charge in [-0.05, 0) is 50.8 Å². The highest BCUT2D eigenvalue weighted by Gasteiger charge is 2.16. The summed E-state index contributed by atoms with van der Waals surface area (Å²) in [7, 11) is 0. The Balaban J connectivity index is 2.14. The first-order valence-electron chi connectivity index (χ1n) is 8.18. The molecule has 0 radical (unpaired) electrons. The van der Waals surface area contributed by atoms with Crippen LogP contribution >= 0.6 is 0 Å². The van der Waals surface area contributed by atoms with Crippen molar-refractivity contribution in [2.24, 2.45) is 5.92 Å². The molecule has 0 aliphatic heterocycles. The van der Waals surface area contributed by atoms with Gasteiger partial charge in [-0.3, -0.25) is 9.48 Å². The predicted octanol–water partition coefficient (Wildman–Crippen LogP) is 3.95. The first-order chi connectivity index (χ1) is 10.8. The third kappa shape index (κ3) is 4.21. The van der Waals surface area contributed by atoms with Crippen LogP contribution in [-0.2, 0) is 17.8 Å². The van der Waals surface area contributed by atoms with Gasteiger partial charge in [0.15, 0.2) is 0 Å². The summed E-state index contributed by atoms with van der Waals surface area (Å²) < 4.78 is 2.01. The highest BCUT2D eigenvalue weighted by atomic mass is 16.1. The van der Waals surface area contributed by atoms with Gasteiger partial charge in [0.2, 0.25) is 5.91 Å². The topological polar surface area (TPSA) is 46.9 Å². The molecule has 124 valence electrons. The molecule has 1 aromatic carbocycles. The second-order valence-electron chi connectivity index (χ2n) is 6.77. The van der Waals surface area contributed by atoms with Crippen molar-refractivity contribution in [1.29, 1.82) is 0 Å². The molecule has 0 saturated carbocycles. The molecule has 2 aromatic rings. The average Bonchev–Trinajstić information content (AvgIpc) is 2.70. The summed E-state index contributed by atoms with van der Waals surface area (Å²) in [6.45, 7) is 13.3. The number of rotatable bonds is 5. The van der Waals surface area contributed by atoms with E-state index < -0.39 is 0 Å². The number of aryl methyl sites for hydroxylation is 3. The van der Waals surface area contributed by atoms with Crippen molar-refractivity contribution < 1.29 is 4.79 Å². The van der Waals surface area contributed by atoms with E-state index in [4.69, 9.17) is 0 Å². The molecule has 0 aliphatic carbocycles. The second kappa shape index (κ2) is 6.99. The molecule has 2 rings (SSSR count).